The third kappa shape index (κ3) is 4.13. The Hall–Kier alpha value is -1.45. The van der Waals surface area contributed by atoms with Gasteiger partial charge in [0.25, 0.3) is 0 Å². The average Bonchev–Trinajstić information content (AvgIpc) is 2.31. The molecule has 0 aliphatic carbocycles. The third-order valence-electron chi connectivity index (χ3n) is 2.41. The molecular weight excluding hydrogens is 219 g/mol. The molecule has 0 amide bonds. The molecule has 0 aromatic heterocycles. The fourth-order valence-electron chi connectivity index (χ4n) is 1.44. The molecule has 1 aromatic rings. The number of nitrogen functional groups attached to an aromatic ring is 1. The Labute approximate surface area is 102 Å². The number of halogens is 1. The SMILES string of the molecule is CCCCNc1cc(OCCC)c(F)cc1N. The molecular formula is C13H21FN2O. The molecule has 4 heteroatoms. The molecule has 96 valence electrons. The van der Waals surface area contributed by atoms with Gasteiger partial charge >= 0.3 is 0 Å². The number of unbranched alkanes of at least 4 members (excludes halogenated alkanes) is 1. The maximum absolute atomic E-state index is 13.5. The number of ether oxygens (including phenoxy) is 1. The molecule has 0 aliphatic rings. The van der Waals surface area contributed by atoms with E-state index < -0.39 is 5.82 Å². The van der Waals surface area contributed by atoms with Crippen molar-refractivity contribution in [2.75, 3.05) is 24.2 Å². The first kappa shape index (κ1) is 13.6. The van der Waals surface area contributed by atoms with Crippen molar-refractivity contribution >= 4 is 11.4 Å². The van der Waals surface area contributed by atoms with Crippen LogP contribution in [-0.4, -0.2) is 13.2 Å². The van der Waals surface area contributed by atoms with E-state index in [0.29, 0.717) is 12.3 Å². The second kappa shape index (κ2) is 6.99. The summed E-state index contributed by atoms with van der Waals surface area (Å²) in [5.74, 6) is -0.142. The zero-order valence-corrected chi connectivity index (χ0v) is 10.6. The molecule has 17 heavy (non-hydrogen) atoms. The molecule has 0 saturated heterocycles. The molecule has 1 aromatic carbocycles. The Balaban J connectivity index is 2.74. The van der Waals surface area contributed by atoms with E-state index in [2.05, 4.69) is 12.2 Å². The van der Waals surface area contributed by atoms with Gasteiger partial charge in [-0.3, -0.25) is 0 Å². The average molecular weight is 240 g/mol. The van der Waals surface area contributed by atoms with Gasteiger partial charge in [-0.15, -0.1) is 0 Å². The number of benzene rings is 1. The van der Waals surface area contributed by atoms with Crippen molar-refractivity contribution in [2.45, 2.75) is 33.1 Å². The molecule has 0 heterocycles. The predicted molar refractivity (Wildman–Crippen MR) is 70.0 cm³/mol. The normalized spacial score (nSPS) is 10.3. The van der Waals surface area contributed by atoms with E-state index in [1.54, 1.807) is 6.07 Å². The fraction of sp³-hybridized carbons (Fsp3) is 0.538. The first-order valence-electron chi connectivity index (χ1n) is 6.14. The summed E-state index contributed by atoms with van der Waals surface area (Å²) in [7, 11) is 0. The largest absolute Gasteiger partial charge is 0.490 e. The number of nitrogens with two attached hydrogens (primary N) is 1. The van der Waals surface area contributed by atoms with Gasteiger partial charge in [0.15, 0.2) is 11.6 Å². The van der Waals surface area contributed by atoms with Crippen molar-refractivity contribution in [3.63, 3.8) is 0 Å². The zero-order chi connectivity index (χ0) is 12.7. The molecule has 0 radical (unpaired) electrons. The summed E-state index contributed by atoms with van der Waals surface area (Å²) >= 11 is 0. The van der Waals surface area contributed by atoms with E-state index in [1.165, 1.54) is 6.07 Å². The van der Waals surface area contributed by atoms with Gasteiger partial charge in [0.05, 0.1) is 18.0 Å². The fourth-order valence-corrected chi connectivity index (χ4v) is 1.44. The predicted octanol–water partition coefficient (Wildman–Crippen LogP) is 3.41. The Kier molecular flexibility index (Phi) is 5.60. The van der Waals surface area contributed by atoms with Crippen LogP contribution in [0.5, 0.6) is 5.75 Å². The number of hydrogen-bond acceptors (Lipinski definition) is 3. The minimum Gasteiger partial charge on any atom is -0.490 e. The monoisotopic (exact) mass is 240 g/mol. The lowest BCUT2D eigenvalue weighted by atomic mass is 10.2. The summed E-state index contributed by atoms with van der Waals surface area (Å²) in [4.78, 5) is 0. The van der Waals surface area contributed by atoms with Gasteiger partial charge in [0.1, 0.15) is 0 Å². The van der Waals surface area contributed by atoms with E-state index in [1.807, 2.05) is 6.92 Å². The number of anilines is 2. The lowest BCUT2D eigenvalue weighted by Crippen LogP contribution is -2.06. The minimum absolute atomic E-state index is 0.264. The van der Waals surface area contributed by atoms with Crippen molar-refractivity contribution in [1.82, 2.24) is 0 Å². The number of rotatable bonds is 7. The second-order valence-electron chi connectivity index (χ2n) is 4.00. The van der Waals surface area contributed by atoms with E-state index in [-0.39, 0.29) is 5.75 Å². The standard InChI is InChI=1S/C13H21FN2O/c1-3-5-6-16-12-9-13(17-7-4-2)10(14)8-11(12)15/h8-9,16H,3-7,15H2,1-2H3. The number of hydrogen-bond donors (Lipinski definition) is 2. The summed E-state index contributed by atoms with van der Waals surface area (Å²) in [5.41, 5.74) is 6.90. The molecule has 1 rings (SSSR count). The van der Waals surface area contributed by atoms with Gasteiger partial charge in [0, 0.05) is 18.7 Å². The van der Waals surface area contributed by atoms with Gasteiger partial charge in [-0.1, -0.05) is 20.3 Å². The Bertz CT molecular complexity index is 356. The topological polar surface area (TPSA) is 47.3 Å². The van der Waals surface area contributed by atoms with Crippen molar-refractivity contribution in [3.05, 3.63) is 17.9 Å². The highest BCUT2D eigenvalue weighted by atomic mass is 19.1. The van der Waals surface area contributed by atoms with E-state index in [9.17, 15) is 4.39 Å². The van der Waals surface area contributed by atoms with Crippen molar-refractivity contribution in [3.8, 4) is 5.75 Å². The van der Waals surface area contributed by atoms with E-state index >= 15 is 0 Å². The van der Waals surface area contributed by atoms with E-state index in [4.69, 9.17) is 10.5 Å². The first-order valence-corrected chi connectivity index (χ1v) is 6.14. The quantitative estimate of drug-likeness (QED) is 0.567. The van der Waals surface area contributed by atoms with Crippen LogP contribution in [0.15, 0.2) is 12.1 Å². The van der Waals surface area contributed by atoms with Crippen LogP contribution < -0.4 is 15.8 Å². The maximum atomic E-state index is 13.5. The Morgan fingerprint density at radius 2 is 2.06 bits per heavy atom. The van der Waals surface area contributed by atoms with Gasteiger partial charge in [-0.25, -0.2) is 4.39 Å². The highest BCUT2D eigenvalue weighted by Crippen LogP contribution is 2.28. The Morgan fingerprint density at radius 1 is 1.29 bits per heavy atom. The Morgan fingerprint density at radius 3 is 2.71 bits per heavy atom. The molecule has 0 aliphatic heterocycles. The number of nitrogens with one attached hydrogen (secondary N) is 1. The van der Waals surface area contributed by atoms with Crippen molar-refractivity contribution in [1.29, 1.82) is 0 Å². The van der Waals surface area contributed by atoms with Crippen molar-refractivity contribution in [2.24, 2.45) is 0 Å². The molecule has 3 N–H and O–H groups in total. The summed E-state index contributed by atoms with van der Waals surface area (Å²) < 4.78 is 18.8. The van der Waals surface area contributed by atoms with Crippen LogP contribution in [0.2, 0.25) is 0 Å². The molecule has 0 saturated carbocycles. The second-order valence-corrected chi connectivity index (χ2v) is 4.00. The summed E-state index contributed by atoms with van der Waals surface area (Å²) in [5, 5.41) is 3.19. The molecule has 0 bridgehead atoms. The van der Waals surface area contributed by atoms with Crippen LogP contribution in [0.25, 0.3) is 0 Å². The summed E-state index contributed by atoms with van der Waals surface area (Å²) in [6.45, 7) is 5.44. The summed E-state index contributed by atoms with van der Waals surface area (Å²) in [6.07, 6.45) is 3.01. The van der Waals surface area contributed by atoms with Crippen LogP contribution in [0.4, 0.5) is 15.8 Å². The smallest absolute Gasteiger partial charge is 0.167 e. The molecule has 0 spiro atoms. The lowest BCUT2D eigenvalue weighted by molar-refractivity contribution is 0.301. The first-order chi connectivity index (χ1) is 8.19. The van der Waals surface area contributed by atoms with Gasteiger partial charge < -0.3 is 15.8 Å². The van der Waals surface area contributed by atoms with Crippen molar-refractivity contribution < 1.29 is 9.13 Å². The van der Waals surface area contributed by atoms with Gasteiger partial charge in [-0.05, 0) is 12.8 Å². The molecule has 0 fully saturated rings. The lowest BCUT2D eigenvalue weighted by Gasteiger charge is -2.12. The summed E-state index contributed by atoms with van der Waals surface area (Å²) in [6, 6.07) is 2.94. The third-order valence-corrected chi connectivity index (χ3v) is 2.41. The van der Waals surface area contributed by atoms with Crippen LogP contribution in [0.3, 0.4) is 0 Å². The highest BCUT2D eigenvalue weighted by Gasteiger charge is 2.08. The van der Waals surface area contributed by atoms with Crippen LogP contribution in [0.1, 0.15) is 33.1 Å². The van der Waals surface area contributed by atoms with Crippen LogP contribution in [-0.2, 0) is 0 Å². The van der Waals surface area contributed by atoms with Crippen LogP contribution >= 0.6 is 0 Å². The van der Waals surface area contributed by atoms with Gasteiger partial charge in [-0.2, -0.15) is 0 Å². The van der Waals surface area contributed by atoms with Crippen LogP contribution in [0, 0.1) is 5.82 Å². The maximum Gasteiger partial charge on any atom is 0.167 e. The zero-order valence-electron chi connectivity index (χ0n) is 10.6. The highest BCUT2D eigenvalue weighted by molar-refractivity contribution is 5.68. The molecule has 3 nitrogen and oxygen atoms in total. The van der Waals surface area contributed by atoms with E-state index in [0.717, 1.165) is 31.5 Å². The molecule has 0 atom stereocenters. The minimum atomic E-state index is -0.406. The molecule has 0 unspecified atom stereocenters. The van der Waals surface area contributed by atoms with Gasteiger partial charge in [0.2, 0.25) is 0 Å².